The Morgan fingerprint density at radius 2 is 2.22 bits per heavy atom. The molecule has 3 aliphatic heterocycles. The van der Waals surface area contributed by atoms with Gasteiger partial charge in [-0.1, -0.05) is 0 Å². The quantitative estimate of drug-likeness (QED) is 0.877. The Labute approximate surface area is 139 Å². The van der Waals surface area contributed by atoms with Gasteiger partial charge in [0.15, 0.2) is 5.58 Å². The monoisotopic (exact) mass is 331 g/mol. The van der Waals surface area contributed by atoms with Gasteiger partial charge in [0.25, 0.3) is 5.91 Å². The Balaban J connectivity index is 1.59. The second-order valence-electron chi connectivity index (χ2n) is 6.46. The average Bonchev–Trinajstić information content (AvgIpc) is 3.06. The minimum absolute atomic E-state index is 0.0750. The third-order valence-electron chi connectivity index (χ3n) is 5.31. The SMILES string of the molecule is CSc1cc(C(=O)NC2C3CCN(CC3)C2C)nc2ccoc12. The van der Waals surface area contributed by atoms with Crippen molar-refractivity contribution in [3.05, 3.63) is 24.1 Å². The van der Waals surface area contributed by atoms with Gasteiger partial charge in [0.05, 0.1) is 11.2 Å². The Kier molecular flexibility index (Phi) is 3.81. The first-order valence-electron chi connectivity index (χ1n) is 8.14. The molecule has 5 rings (SSSR count). The van der Waals surface area contributed by atoms with Crippen molar-refractivity contribution in [1.82, 2.24) is 15.2 Å². The highest BCUT2D eigenvalue weighted by molar-refractivity contribution is 7.98. The van der Waals surface area contributed by atoms with Crippen LogP contribution in [0.4, 0.5) is 0 Å². The molecule has 2 bridgehead atoms. The van der Waals surface area contributed by atoms with E-state index in [1.54, 1.807) is 18.0 Å². The van der Waals surface area contributed by atoms with Crippen molar-refractivity contribution in [2.75, 3.05) is 19.3 Å². The zero-order valence-electron chi connectivity index (χ0n) is 13.4. The van der Waals surface area contributed by atoms with E-state index in [4.69, 9.17) is 4.42 Å². The van der Waals surface area contributed by atoms with Crippen molar-refractivity contribution >= 4 is 28.8 Å². The van der Waals surface area contributed by atoms with Crippen molar-refractivity contribution in [1.29, 1.82) is 0 Å². The third kappa shape index (κ3) is 2.54. The molecule has 3 aliphatic rings. The highest BCUT2D eigenvalue weighted by atomic mass is 32.2. The lowest BCUT2D eigenvalue weighted by Crippen LogP contribution is -2.62. The number of furan rings is 1. The van der Waals surface area contributed by atoms with Gasteiger partial charge in [-0.15, -0.1) is 11.8 Å². The van der Waals surface area contributed by atoms with Gasteiger partial charge in [-0.25, -0.2) is 4.98 Å². The van der Waals surface area contributed by atoms with Crippen molar-refractivity contribution in [2.24, 2.45) is 5.92 Å². The van der Waals surface area contributed by atoms with Crippen LogP contribution in [0.25, 0.3) is 11.1 Å². The molecule has 0 saturated carbocycles. The molecular formula is C17H21N3O2S. The summed E-state index contributed by atoms with van der Waals surface area (Å²) in [7, 11) is 0. The highest BCUT2D eigenvalue weighted by Crippen LogP contribution is 2.32. The lowest BCUT2D eigenvalue weighted by Gasteiger charge is -2.49. The van der Waals surface area contributed by atoms with Crippen LogP contribution < -0.4 is 5.32 Å². The fraction of sp³-hybridized carbons (Fsp3) is 0.529. The molecule has 6 heteroatoms. The predicted molar refractivity (Wildman–Crippen MR) is 90.8 cm³/mol. The molecule has 0 aliphatic carbocycles. The molecule has 0 radical (unpaired) electrons. The minimum atomic E-state index is -0.0750. The van der Waals surface area contributed by atoms with Crippen LogP contribution in [0, 0.1) is 5.92 Å². The maximum absolute atomic E-state index is 12.7. The maximum Gasteiger partial charge on any atom is 0.270 e. The Bertz CT molecular complexity index is 735. The van der Waals surface area contributed by atoms with E-state index in [0.717, 1.165) is 29.1 Å². The van der Waals surface area contributed by atoms with Crippen molar-refractivity contribution in [3.63, 3.8) is 0 Å². The van der Waals surface area contributed by atoms with Gasteiger partial charge in [-0.3, -0.25) is 9.69 Å². The fourth-order valence-electron chi connectivity index (χ4n) is 3.97. The van der Waals surface area contributed by atoms with Crippen LogP contribution >= 0.6 is 11.8 Å². The Morgan fingerprint density at radius 1 is 1.43 bits per heavy atom. The zero-order chi connectivity index (χ0) is 16.0. The van der Waals surface area contributed by atoms with E-state index in [9.17, 15) is 4.79 Å². The van der Waals surface area contributed by atoms with E-state index in [0.29, 0.717) is 17.7 Å². The lowest BCUT2D eigenvalue weighted by molar-refractivity contribution is 0.0216. The number of pyridine rings is 1. The third-order valence-corrected chi connectivity index (χ3v) is 6.05. The largest absolute Gasteiger partial charge is 0.461 e. The molecule has 2 atom stereocenters. The van der Waals surface area contributed by atoms with Crippen LogP contribution in [-0.4, -0.2) is 47.2 Å². The van der Waals surface area contributed by atoms with Gasteiger partial charge in [0.2, 0.25) is 0 Å². The van der Waals surface area contributed by atoms with Gasteiger partial charge >= 0.3 is 0 Å². The predicted octanol–water partition coefficient (Wildman–Crippen LogP) is 2.76. The summed E-state index contributed by atoms with van der Waals surface area (Å²) >= 11 is 1.57. The molecule has 1 N–H and O–H groups in total. The van der Waals surface area contributed by atoms with E-state index in [2.05, 4.69) is 22.1 Å². The first kappa shape index (κ1) is 15.0. The van der Waals surface area contributed by atoms with E-state index < -0.39 is 0 Å². The molecule has 122 valence electrons. The molecule has 5 nitrogen and oxygen atoms in total. The minimum Gasteiger partial charge on any atom is -0.461 e. The number of carbonyl (C=O) groups is 1. The van der Waals surface area contributed by atoms with Crippen molar-refractivity contribution in [3.8, 4) is 0 Å². The molecule has 2 aromatic rings. The van der Waals surface area contributed by atoms with Crippen LogP contribution in [-0.2, 0) is 0 Å². The number of nitrogens with zero attached hydrogens (tertiary/aromatic N) is 2. The maximum atomic E-state index is 12.7. The summed E-state index contributed by atoms with van der Waals surface area (Å²) in [5.41, 5.74) is 1.97. The normalized spacial score (nSPS) is 29.8. The summed E-state index contributed by atoms with van der Waals surface area (Å²) in [5, 5.41) is 3.24. The van der Waals surface area contributed by atoms with Gasteiger partial charge in [-0.05, 0) is 51.1 Å². The second-order valence-corrected chi connectivity index (χ2v) is 7.31. The summed E-state index contributed by atoms with van der Waals surface area (Å²) in [6.07, 6.45) is 5.96. The van der Waals surface area contributed by atoms with Crippen LogP contribution in [0.3, 0.4) is 0 Å². The average molecular weight is 331 g/mol. The first-order valence-corrected chi connectivity index (χ1v) is 9.37. The molecule has 3 fully saturated rings. The van der Waals surface area contributed by atoms with Crippen LogP contribution in [0.2, 0.25) is 0 Å². The van der Waals surface area contributed by atoms with Crippen molar-refractivity contribution < 1.29 is 9.21 Å². The van der Waals surface area contributed by atoms with Gasteiger partial charge in [0, 0.05) is 18.2 Å². The molecule has 3 saturated heterocycles. The van der Waals surface area contributed by atoms with Gasteiger partial charge in [-0.2, -0.15) is 0 Å². The number of rotatable bonds is 3. The number of hydrogen-bond donors (Lipinski definition) is 1. The number of nitrogens with one attached hydrogen (secondary N) is 1. The molecule has 23 heavy (non-hydrogen) atoms. The molecule has 2 aromatic heterocycles. The summed E-state index contributed by atoms with van der Waals surface area (Å²) < 4.78 is 5.46. The zero-order valence-corrected chi connectivity index (χ0v) is 14.2. The smallest absolute Gasteiger partial charge is 0.270 e. The number of hydrogen-bond acceptors (Lipinski definition) is 5. The van der Waals surface area contributed by atoms with Crippen LogP contribution in [0.5, 0.6) is 0 Å². The first-order chi connectivity index (χ1) is 11.2. The molecule has 0 spiro atoms. The topological polar surface area (TPSA) is 58.4 Å². The highest BCUT2D eigenvalue weighted by Gasteiger charge is 2.40. The molecule has 5 heterocycles. The Morgan fingerprint density at radius 3 is 2.91 bits per heavy atom. The molecule has 1 amide bonds. The van der Waals surface area contributed by atoms with Gasteiger partial charge in [0.1, 0.15) is 11.2 Å². The summed E-state index contributed by atoms with van der Waals surface area (Å²) in [4.78, 5) is 20.6. The lowest BCUT2D eigenvalue weighted by atomic mass is 9.79. The molecule has 0 aromatic carbocycles. The van der Waals surface area contributed by atoms with Gasteiger partial charge < -0.3 is 9.73 Å². The van der Waals surface area contributed by atoms with Crippen LogP contribution in [0.1, 0.15) is 30.3 Å². The standard InChI is InChI=1S/C17H21N3O2S/c1-10-15(11-3-6-20(10)7-4-11)19-17(21)13-9-14(23-2)16-12(18-13)5-8-22-16/h5,8-11,15H,3-4,6-7H2,1-2H3,(H,19,21). The number of piperidine rings is 3. The summed E-state index contributed by atoms with van der Waals surface area (Å²) in [6.45, 7) is 4.54. The number of thioether (sulfide) groups is 1. The number of carbonyl (C=O) groups excluding carboxylic acids is 1. The van der Waals surface area contributed by atoms with E-state index in [-0.39, 0.29) is 11.9 Å². The van der Waals surface area contributed by atoms with E-state index >= 15 is 0 Å². The Hall–Kier alpha value is -1.53. The van der Waals surface area contributed by atoms with E-state index in [1.165, 1.54) is 12.8 Å². The number of aromatic nitrogens is 1. The van der Waals surface area contributed by atoms with E-state index in [1.807, 2.05) is 18.4 Å². The fourth-order valence-corrected chi connectivity index (χ4v) is 4.53. The van der Waals surface area contributed by atoms with Crippen molar-refractivity contribution in [2.45, 2.75) is 36.7 Å². The molecular weight excluding hydrogens is 310 g/mol. The number of amides is 1. The molecule has 2 unspecified atom stereocenters. The number of fused-ring (bicyclic) bond motifs is 4. The second kappa shape index (κ2) is 5.83. The summed E-state index contributed by atoms with van der Waals surface area (Å²) in [5.74, 6) is 0.519. The van der Waals surface area contributed by atoms with Crippen LogP contribution in [0.15, 0.2) is 27.7 Å². The summed E-state index contributed by atoms with van der Waals surface area (Å²) in [6, 6.07) is 4.27.